The zero-order chi connectivity index (χ0) is 11.8. The molecule has 0 aromatic carbocycles. The van der Waals surface area contributed by atoms with Crippen LogP contribution in [0.5, 0.6) is 0 Å². The number of hydrogen-bond donors (Lipinski definition) is 1. The maximum Gasteiger partial charge on any atom is 0.0991 e. The Hall–Kier alpha value is 0.240. The molecule has 0 spiro atoms. The summed E-state index contributed by atoms with van der Waals surface area (Å²) in [7, 11) is 0. The van der Waals surface area contributed by atoms with Gasteiger partial charge in [0.25, 0.3) is 0 Å². The summed E-state index contributed by atoms with van der Waals surface area (Å²) in [5, 5.41) is 3.57. The van der Waals surface area contributed by atoms with Gasteiger partial charge in [-0.3, -0.25) is 0 Å². The van der Waals surface area contributed by atoms with Crippen LogP contribution in [0.2, 0.25) is 8.67 Å². The number of nitrogens with one attached hydrogen (secondary N) is 1. The Morgan fingerprint density at radius 1 is 1.50 bits per heavy atom. The Morgan fingerprint density at radius 3 is 2.62 bits per heavy atom. The Kier molecular flexibility index (Phi) is 3.85. The number of thiophene rings is 1. The molecule has 4 heteroatoms. The number of hydrogen-bond acceptors (Lipinski definition) is 2. The van der Waals surface area contributed by atoms with Gasteiger partial charge in [0.1, 0.15) is 0 Å². The normalized spacial score (nSPS) is 19.8. The van der Waals surface area contributed by atoms with E-state index in [0.29, 0.717) is 11.5 Å². The van der Waals surface area contributed by atoms with Gasteiger partial charge in [-0.2, -0.15) is 0 Å². The molecule has 2 rings (SSSR count). The van der Waals surface area contributed by atoms with E-state index in [0.717, 1.165) is 20.8 Å². The van der Waals surface area contributed by atoms with E-state index in [4.69, 9.17) is 23.2 Å². The van der Waals surface area contributed by atoms with Gasteiger partial charge in [-0.1, -0.05) is 30.1 Å². The molecule has 1 aromatic heterocycles. The fraction of sp³-hybridized carbons (Fsp3) is 0.667. The smallest absolute Gasteiger partial charge is 0.0991 e. The minimum absolute atomic E-state index is 0.292. The highest BCUT2D eigenvalue weighted by molar-refractivity contribution is 7.20. The van der Waals surface area contributed by atoms with Crippen molar-refractivity contribution in [3.8, 4) is 0 Å². The van der Waals surface area contributed by atoms with Crippen LogP contribution in [0.3, 0.4) is 0 Å². The summed E-state index contributed by atoms with van der Waals surface area (Å²) >= 11 is 13.5. The molecule has 1 nitrogen and oxygen atoms in total. The van der Waals surface area contributed by atoms with Gasteiger partial charge in [-0.25, -0.2) is 0 Å². The minimum Gasteiger partial charge on any atom is -0.310 e. The zero-order valence-electron chi connectivity index (χ0n) is 9.65. The lowest BCUT2D eigenvalue weighted by Crippen LogP contribution is -2.26. The first kappa shape index (κ1) is 12.7. The predicted molar refractivity (Wildman–Crippen MR) is 72.7 cm³/mol. The number of rotatable bonds is 5. The topological polar surface area (TPSA) is 12.0 Å². The second-order valence-electron chi connectivity index (χ2n) is 4.74. The Balaban J connectivity index is 1.93. The fourth-order valence-electron chi connectivity index (χ4n) is 1.96. The molecule has 90 valence electrons. The zero-order valence-corrected chi connectivity index (χ0v) is 12.0. The van der Waals surface area contributed by atoms with Gasteiger partial charge in [-0.05, 0) is 43.2 Å². The van der Waals surface area contributed by atoms with E-state index in [1.165, 1.54) is 30.6 Å². The minimum atomic E-state index is 0.292. The quantitative estimate of drug-likeness (QED) is 0.808. The molecule has 1 aliphatic rings. The van der Waals surface area contributed by atoms with Crippen LogP contribution in [0, 0.1) is 5.41 Å². The maximum atomic E-state index is 6.13. The average Bonchev–Trinajstić information content (AvgIpc) is 2.96. The molecule has 1 N–H and O–H groups in total. The molecule has 0 amide bonds. The fourth-order valence-corrected chi connectivity index (χ4v) is 3.61. The highest BCUT2D eigenvalue weighted by Crippen LogP contribution is 2.48. The van der Waals surface area contributed by atoms with Crippen LogP contribution in [0.1, 0.15) is 44.7 Å². The van der Waals surface area contributed by atoms with Gasteiger partial charge in [0.2, 0.25) is 0 Å². The Morgan fingerprint density at radius 2 is 2.19 bits per heavy atom. The van der Waals surface area contributed by atoms with Gasteiger partial charge in [-0.15, -0.1) is 11.3 Å². The first-order chi connectivity index (χ1) is 7.56. The number of halogens is 2. The van der Waals surface area contributed by atoms with Crippen LogP contribution in [-0.2, 0) is 0 Å². The average molecular weight is 278 g/mol. The Labute approximate surface area is 111 Å². The molecule has 16 heavy (non-hydrogen) atoms. The molecule has 1 aliphatic carbocycles. The van der Waals surface area contributed by atoms with E-state index in [2.05, 4.69) is 19.2 Å². The molecule has 1 atom stereocenters. The highest BCUT2D eigenvalue weighted by atomic mass is 35.5. The summed E-state index contributed by atoms with van der Waals surface area (Å²) in [6.45, 7) is 5.51. The third-order valence-electron chi connectivity index (χ3n) is 3.64. The van der Waals surface area contributed by atoms with Gasteiger partial charge in [0.15, 0.2) is 0 Å². The first-order valence-corrected chi connectivity index (χ1v) is 7.32. The molecule has 0 radical (unpaired) electrons. The van der Waals surface area contributed by atoms with Crippen molar-refractivity contribution in [1.29, 1.82) is 0 Å². The second-order valence-corrected chi connectivity index (χ2v) is 7.02. The van der Waals surface area contributed by atoms with Crippen molar-refractivity contribution < 1.29 is 0 Å². The standard InChI is InChI=1S/C12H17Cl2NS/c1-3-12(4-5-12)7-15-8(2)9-6-10(13)16-11(9)14/h6,8,15H,3-5,7H2,1-2H3. The SMILES string of the molecule is CCC1(CNC(C)c2cc(Cl)sc2Cl)CC1. The van der Waals surface area contributed by atoms with Crippen LogP contribution in [-0.4, -0.2) is 6.54 Å². The molecule has 1 saturated carbocycles. The third kappa shape index (κ3) is 2.73. The summed E-state index contributed by atoms with van der Waals surface area (Å²) < 4.78 is 1.58. The molecule has 0 saturated heterocycles. The van der Waals surface area contributed by atoms with E-state index in [9.17, 15) is 0 Å². The van der Waals surface area contributed by atoms with Crippen molar-refractivity contribution in [1.82, 2.24) is 5.32 Å². The van der Waals surface area contributed by atoms with Crippen molar-refractivity contribution in [2.75, 3.05) is 6.54 Å². The van der Waals surface area contributed by atoms with Crippen LogP contribution >= 0.6 is 34.5 Å². The highest BCUT2D eigenvalue weighted by Gasteiger charge is 2.40. The Bertz CT molecular complexity index is 371. The van der Waals surface area contributed by atoms with Gasteiger partial charge >= 0.3 is 0 Å². The summed E-state index contributed by atoms with van der Waals surface area (Å²) in [6.07, 6.45) is 3.99. The molecule has 1 fully saturated rings. The van der Waals surface area contributed by atoms with Crippen molar-refractivity contribution in [2.24, 2.45) is 5.41 Å². The van der Waals surface area contributed by atoms with Crippen molar-refractivity contribution in [3.05, 3.63) is 20.3 Å². The molecule has 1 unspecified atom stereocenters. The lowest BCUT2D eigenvalue weighted by Gasteiger charge is -2.18. The van der Waals surface area contributed by atoms with Crippen LogP contribution in [0.15, 0.2) is 6.07 Å². The molecular weight excluding hydrogens is 261 g/mol. The van der Waals surface area contributed by atoms with Crippen LogP contribution in [0.25, 0.3) is 0 Å². The van der Waals surface area contributed by atoms with Crippen molar-refractivity contribution >= 4 is 34.5 Å². The van der Waals surface area contributed by atoms with E-state index in [1.807, 2.05) is 6.07 Å². The monoisotopic (exact) mass is 277 g/mol. The van der Waals surface area contributed by atoms with Gasteiger partial charge < -0.3 is 5.32 Å². The van der Waals surface area contributed by atoms with E-state index >= 15 is 0 Å². The van der Waals surface area contributed by atoms with Crippen molar-refractivity contribution in [2.45, 2.75) is 39.2 Å². The lowest BCUT2D eigenvalue weighted by atomic mass is 10.0. The van der Waals surface area contributed by atoms with Gasteiger partial charge in [0, 0.05) is 12.6 Å². The third-order valence-corrected chi connectivity index (χ3v) is 5.16. The largest absolute Gasteiger partial charge is 0.310 e. The van der Waals surface area contributed by atoms with E-state index < -0.39 is 0 Å². The molecule has 1 heterocycles. The van der Waals surface area contributed by atoms with E-state index in [-0.39, 0.29) is 0 Å². The van der Waals surface area contributed by atoms with Crippen molar-refractivity contribution in [3.63, 3.8) is 0 Å². The summed E-state index contributed by atoms with van der Waals surface area (Å²) in [5.74, 6) is 0. The predicted octanol–water partition coefficient (Wildman–Crippen LogP) is 4.90. The lowest BCUT2D eigenvalue weighted by molar-refractivity contribution is 0.415. The summed E-state index contributed by atoms with van der Waals surface area (Å²) in [5.41, 5.74) is 1.70. The summed E-state index contributed by atoms with van der Waals surface area (Å²) in [6, 6.07) is 2.26. The molecule has 1 aromatic rings. The summed E-state index contributed by atoms with van der Waals surface area (Å²) in [4.78, 5) is 0. The molecule has 0 aliphatic heterocycles. The molecular formula is C12H17Cl2NS. The van der Waals surface area contributed by atoms with E-state index in [1.54, 1.807) is 0 Å². The van der Waals surface area contributed by atoms with Gasteiger partial charge in [0.05, 0.1) is 8.67 Å². The first-order valence-electron chi connectivity index (χ1n) is 5.74. The molecule has 0 bridgehead atoms. The van der Waals surface area contributed by atoms with Crippen LogP contribution < -0.4 is 5.32 Å². The van der Waals surface area contributed by atoms with Crippen LogP contribution in [0.4, 0.5) is 0 Å². The maximum absolute atomic E-state index is 6.13. The second kappa shape index (κ2) is 4.85.